The number of thiazole rings is 1. The van der Waals surface area contributed by atoms with Gasteiger partial charge in [0, 0.05) is 66.1 Å². The Kier molecular flexibility index (Phi) is 11.1. The molecule has 4 aliphatic rings. The summed E-state index contributed by atoms with van der Waals surface area (Å²) in [6.07, 6.45) is 7.54. The van der Waals surface area contributed by atoms with Crippen molar-refractivity contribution in [2.24, 2.45) is 5.41 Å². The van der Waals surface area contributed by atoms with E-state index >= 15 is 0 Å². The number of anilines is 2. The van der Waals surface area contributed by atoms with E-state index in [4.69, 9.17) is 32.9 Å². The van der Waals surface area contributed by atoms with Crippen molar-refractivity contribution in [3.8, 4) is 28.3 Å². The lowest BCUT2D eigenvalue weighted by atomic mass is 9.57. The molecule has 11 nitrogen and oxygen atoms in total. The van der Waals surface area contributed by atoms with E-state index in [0.717, 1.165) is 29.0 Å². The first-order chi connectivity index (χ1) is 27.4. The third-order valence-electron chi connectivity index (χ3n) is 11.8. The molecule has 3 aromatic heterocycles. The normalized spacial score (nSPS) is 21.6. The van der Waals surface area contributed by atoms with Crippen molar-refractivity contribution in [3.05, 3.63) is 80.9 Å². The molecule has 57 heavy (non-hydrogen) atoms. The number of fused-ring (bicyclic) bond motifs is 4. The standard InChI is InChI=1S/C41H41Cl2F2N7O4S/c1-22-18-29(51-37(56-39(44)45)27(22)20-46-19-23-8-9-31(53)49-23)26-6-2-4-24(33(26)42)25-5-3-7-28(34(25)43)50-36-35-30(10-17-47-36)57-32(52-35)21-48-41-14-11-40(12-15-41,13-16-41)38(54)55/h2-7,10,17-18,23,39,46,48H,8-9,11-16,19-21H2,1H3,(H,47,50)(H,49,53)(H,54,55)/t23-,40?,41?/m0/s1. The van der Waals surface area contributed by atoms with Crippen LogP contribution in [0.3, 0.4) is 0 Å². The number of ether oxygens (including phenoxy) is 1. The molecule has 298 valence electrons. The smallest absolute Gasteiger partial charge is 0.388 e. The summed E-state index contributed by atoms with van der Waals surface area (Å²) in [6.45, 7) is -0.00687. The fourth-order valence-corrected chi connectivity index (χ4v) is 9.91. The summed E-state index contributed by atoms with van der Waals surface area (Å²) >= 11 is 15.8. The van der Waals surface area contributed by atoms with E-state index in [9.17, 15) is 23.5 Å². The van der Waals surface area contributed by atoms with Gasteiger partial charge >= 0.3 is 12.6 Å². The molecular weight excluding hydrogens is 795 g/mol. The molecule has 0 radical (unpaired) electrons. The maximum Gasteiger partial charge on any atom is 0.388 e. The molecular formula is C41H41Cl2F2N7O4S. The predicted molar refractivity (Wildman–Crippen MR) is 217 cm³/mol. The molecule has 2 bridgehead atoms. The largest absolute Gasteiger partial charge is 0.481 e. The van der Waals surface area contributed by atoms with Crippen molar-refractivity contribution in [2.75, 3.05) is 11.9 Å². The molecule has 1 saturated heterocycles. The maximum atomic E-state index is 13.6. The number of carboxylic acid groups (broad SMARTS) is 1. The molecule has 5 N–H and O–H groups in total. The number of nitrogens with zero attached hydrogens (tertiary/aromatic N) is 3. The fraction of sp³-hybridized carbons (Fsp3) is 0.390. The molecule has 2 aromatic carbocycles. The minimum Gasteiger partial charge on any atom is -0.481 e. The third-order valence-corrected chi connectivity index (χ3v) is 13.6. The summed E-state index contributed by atoms with van der Waals surface area (Å²) in [5, 5.41) is 24.7. The van der Waals surface area contributed by atoms with Crippen molar-refractivity contribution in [3.63, 3.8) is 0 Å². The monoisotopic (exact) mass is 835 g/mol. The lowest BCUT2D eigenvalue weighted by Crippen LogP contribution is -2.56. The summed E-state index contributed by atoms with van der Waals surface area (Å²) in [5.41, 5.74) is 3.96. The highest BCUT2D eigenvalue weighted by Crippen LogP contribution is 2.52. The lowest BCUT2D eigenvalue weighted by molar-refractivity contribution is -0.156. The molecule has 0 spiro atoms. The number of nitrogens with one attached hydrogen (secondary N) is 4. The van der Waals surface area contributed by atoms with Gasteiger partial charge in [-0.3, -0.25) is 9.59 Å². The summed E-state index contributed by atoms with van der Waals surface area (Å²) in [7, 11) is 0. The van der Waals surface area contributed by atoms with Gasteiger partial charge in [0.1, 0.15) is 10.5 Å². The first-order valence-electron chi connectivity index (χ1n) is 19.0. The Hall–Kier alpha value is -4.47. The molecule has 1 amide bonds. The second-order valence-electron chi connectivity index (χ2n) is 15.2. The quantitative estimate of drug-likeness (QED) is 0.0734. The van der Waals surface area contributed by atoms with Crippen molar-refractivity contribution in [2.45, 2.75) is 89.6 Å². The van der Waals surface area contributed by atoms with Crippen LogP contribution in [-0.2, 0) is 22.7 Å². The van der Waals surface area contributed by atoms with Crippen LogP contribution in [0.4, 0.5) is 20.3 Å². The molecule has 3 aliphatic carbocycles. The van der Waals surface area contributed by atoms with Gasteiger partial charge in [0.2, 0.25) is 11.8 Å². The molecule has 4 heterocycles. The number of hydrogen-bond acceptors (Lipinski definition) is 10. The number of pyridine rings is 2. The molecule has 0 unspecified atom stereocenters. The number of hydrogen-bond donors (Lipinski definition) is 5. The average Bonchev–Trinajstić information content (AvgIpc) is 3.82. The number of carboxylic acids is 1. The number of aryl methyl sites for hydroxylation is 1. The van der Waals surface area contributed by atoms with Gasteiger partial charge < -0.3 is 31.1 Å². The van der Waals surface area contributed by atoms with Crippen molar-refractivity contribution in [1.29, 1.82) is 0 Å². The van der Waals surface area contributed by atoms with Gasteiger partial charge in [-0.1, -0.05) is 53.5 Å². The van der Waals surface area contributed by atoms with Crippen LogP contribution < -0.4 is 26.0 Å². The Labute approximate surface area is 342 Å². The van der Waals surface area contributed by atoms with E-state index in [1.807, 2.05) is 30.3 Å². The minimum absolute atomic E-state index is 0.000445. The molecule has 16 heteroatoms. The van der Waals surface area contributed by atoms with Crippen molar-refractivity contribution < 1.29 is 28.2 Å². The molecule has 9 rings (SSSR count). The van der Waals surface area contributed by atoms with Crippen LogP contribution >= 0.6 is 34.5 Å². The maximum absolute atomic E-state index is 13.6. The number of carbonyl (C=O) groups is 2. The fourth-order valence-electron chi connectivity index (χ4n) is 8.41. The Morgan fingerprint density at radius 1 is 1.02 bits per heavy atom. The van der Waals surface area contributed by atoms with Crippen LogP contribution in [0.5, 0.6) is 5.88 Å². The van der Waals surface area contributed by atoms with E-state index in [-0.39, 0.29) is 29.9 Å². The van der Waals surface area contributed by atoms with Crippen LogP contribution in [0.2, 0.25) is 10.0 Å². The molecule has 1 atom stereocenters. The molecule has 4 fully saturated rings. The molecule has 5 aromatic rings. The van der Waals surface area contributed by atoms with Gasteiger partial charge in [-0.15, -0.1) is 11.3 Å². The van der Waals surface area contributed by atoms with Crippen molar-refractivity contribution >= 4 is 68.1 Å². The highest BCUT2D eigenvalue weighted by molar-refractivity contribution is 7.18. The van der Waals surface area contributed by atoms with Gasteiger partial charge in [-0.2, -0.15) is 8.78 Å². The summed E-state index contributed by atoms with van der Waals surface area (Å²) in [6, 6.07) is 14.6. The van der Waals surface area contributed by atoms with Crippen LogP contribution in [0, 0.1) is 12.3 Å². The van der Waals surface area contributed by atoms with Crippen LogP contribution in [0.15, 0.2) is 54.7 Å². The summed E-state index contributed by atoms with van der Waals surface area (Å²) in [5.74, 6) is -0.324. The highest BCUT2D eigenvalue weighted by atomic mass is 35.5. The number of rotatable bonds is 14. The second kappa shape index (κ2) is 16.1. The number of carbonyl (C=O) groups excluding carboxylic acids is 1. The van der Waals surface area contributed by atoms with E-state index < -0.39 is 18.0 Å². The number of halogens is 4. The van der Waals surface area contributed by atoms with Gasteiger partial charge in [-0.25, -0.2) is 15.0 Å². The van der Waals surface area contributed by atoms with Crippen LogP contribution in [0.1, 0.15) is 67.5 Å². The van der Waals surface area contributed by atoms with E-state index in [1.54, 1.807) is 42.7 Å². The van der Waals surface area contributed by atoms with Gasteiger partial charge in [-0.05, 0) is 75.6 Å². The average molecular weight is 837 g/mol. The first kappa shape index (κ1) is 39.4. The number of amides is 1. The number of aliphatic carboxylic acids is 1. The molecule has 3 saturated carbocycles. The third kappa shape index (κ3) is 8.02. The Morgan fingerprint density at radius 3 is 2.44 bits per heavy atom. The zero-order valence-electron chi connectivity index (χ0n) is 31.1. The van der Waals surface area contributed by atoms with Crippen molar-refractivity contribution in [1.82, 2.24) is 30.9 Å². The van der Waals surface area contributed by atoms with Gasteiger partial charge in [0.05, 0.1) is 31.5 Å². The number of benzene rings is 2. The topological polar surface area (TPSA) is 150 Å². The Balaban J connectivity index is 1.01. The van der Waals surface area contributed by atoms with Crippen LogP contribution in [-0.4, -0.2) is 56.7 Å². The predicted octanol–water partition coefficient (Wildman–Crippen LogP) is 9.02. The zero-order chi connectivity index (χ0) is 39.9. The number of alkyl halides is 2. The Bertz CT molecular complexity index is 2340. The minimum atomic E-state index is -3.09. The van der Waals surface area contributed by atoms with Gasteiger partial charge in [0.25, 0.3) is 0 Å². The van der Waals surface area contributed by atoms with E-state index in [2.05, 4.69) is 31.2 Å². The lowest BCUT2D eigenvalue weighted by Gasteiger charge is -2.51. The molecule has 1 aliphatic heterocycles. The number of aromatic nitrogens is 3. The summed E-state index contributed by atoms with van der Waals surface area (Å²) < 4.78 is 33.1. The Morgan fingerprint density at radius 2 is 1.74 bits per heavy atom. The van der Waals surface area contributed by atoms with E-state index in [0.29, 0.717) is 106 Å². The first-order valence-corrected chi connectivity index (χ1v) is 20.5. The van der Waals surface area contributed by atoms with Gasteiger partial charge in [0.15, 0.2) is 5.82 Å². The van der Waals surface area contributed by atoms with E-state index in [1.165, 1.54) is 0 Å². The van der Waals surface area contributed by atoms with Crippen LogP contribution in [0.25, 0.3) is 32.6 Å². The zero-order valence-corrected chi connectivity index (χ0v) is 33.4. The summed E-state index contributed by atoms with van der Waals surface area (Å²) in [4.78, 5) is 37.5. The highest BCUT2D eigenvalue weighted by Gasteiger charge is 2.52. The second-order valence-corrected chi connectivity index (χ2v) is 17.1. The SMILES string of the molecule is Cc1cc(-c2cccc(-c3cccc(Nc4nccc5sc(CNC67CCC(C(=O)O)(CC6)CC7)nc45)c3Cl)c2Cl)nc(OC(F)F)c1CNC[C@@H]1CCC(=O)N1.